The van der Waals surface area contributed by atoms with Gasteiger partial charge in [-0.2, -0.15) is 0 Å². The van der Waals surface area contributed by atoms with E-state index in [1.807, 2.05) is 0 Å². The number of rotatable bonds is 3. The number of Topliss-reactive ketones (excluding diaryl/α,β-unsaturated/α-hetero) is 1. The molecule has 0 aromatic heterocycles. The first-order valence-corrected chi connectivity index (χ1v) is 7.59. The number of hydrogen-bond donors (Lipinski definition) is 1. The molecule has 0 aromatic carbocycles. The van der Waals surface area contributed by atoms with Gasteiger partial charge in [-0.25, -0.2) is 0 Å². The molecule has 2 atom stereocenters. The van der Waals surface area contributed by atoms with Gasteiger partial charge >= 0.3 is 5.97 Å². The van der Waals surface area contributed by atoms with Crippen molar-refractivity contribution in [2.75, 3.05) is 13.2 Å². The fourth-order valence-corrected chi connectivity index (χ4v) is 3.99. The SMILES string of the molecule is O=C(O)C1(CC2CCC3(CCCC3)O2)COCCC1=O. The average Bonchev–Trinajstić information content (AvgIpc) is 3.03. The fraction of sp³-hybridized carbons (Fsp3) is 0.867. The standard InChI is InChI=1S/C15H22O5/c16-12-4-8-19-10-15(12,13(17)18)9-11-3-7-14(20-11)5-1-2-6-14/h11H,1-10H2,(H,17,18). The van der Waals surface area contributed by atoms with Gasteiger partial charge in [0.2, 0.25) is 0 Å². The van der Waals surface area contributed by atoms with Crippen LogP contribution in [0.4, 0.5) is 0 Å². The molecule has 0 amide bonds. The van der Waals surface area contributed by atoms with Crippen molar-refractivity contribution in [1.29, 1.82) is 0 Å². The van der Waals surface area contributed by atoms with Crippen molar-refractivity contribution in [3.05, 3.63) is 0 Å². The zero-order chi connectivity index (χ0) is 14.2. The highest BCUT2D eigenvalue weighted by atomic mass is 16.5. The second kappa shape index (κ2) is 5.11. The predicted octanol–water partition coefficient (Wildman–Crippen LogP) is 1.93. The predicted molar refractivity (Wildman–Crippen MR) is 70.4 cm³/mol. The van der Waals surface area contributed by atoms with Crippen LogP contribution in [0.25, 0.3) is 0 Å². The van der Waals surface area contributed by atoms with Crippen LogP contribution in [0, 0.1) is 5.41 Å². The largest absolute Gasteiger partial charge is 0.480 e. The second-order valence-electron chi connectivity index (χ2n) is 6.49. The smallest absolute Gasteiger partial charge is 0.319 e. The Balaban J connectivity index is 1.71. The maximum atomic E-state index is 12.1. The Hall–Kier alpha value is -0.940. The van der Waals surface area contributed by atoms with Gasteiger partial charge in [0.05, 0.1) is 24.9 Å². The first-order chi connectivity index (χ1) is 9.56. The van der Waals surface area contributed by atoms with Crippen LogP contribution in [0.15, 0.2) is 0 Å². The van der Waals surface area contributed by atoms with Gasteiger partial charge in [-0.15, -0.1) is 0 Å². The molecule has 5 nitrogen and oxygen atoms in total. The van der Waals surface area contributed by atoms with E-state index in [0.29, 0.717) is 6.61 Å². The topological polar surface area (TPSA) is 72.8 Å². The minimum atomic E-state index is -1.38. The second-order valence-corrected chi connectivity index (χ2v) is 6.49. The highest BCUT2D eigenvalue weighted by Gasteiger charge is 2.52. The Bertz CT molecular complexity index is 412. The van der Waals surface area contributed by atoms with E-state index in [-0.39, 0.29) is 36.9 Å². The van der Waals surface area contributed by atoms with Gasteiger partial charge in [0.1, 0.15) is 0 Å². The van der Waals surface area contributed by atoms with Gasteiger partial charge in [0, 0.05) is 6.42 Å². The summed E-state index contributed by atoms with van der Waals surface area (Å²) in [6.45, 7) is 0.331. The normalized spacial score (nSPS) is 36.6. The number of hydrogen-bond acceptors (Lipinski definition) is 4. The zero-order valence-corrected chi connectivity index (χ0v) is 11.7. The fourth-order valence-electron chi connectivity index (χ4n) is 3.99. The molecule has 5 heteroatoms. The highest BCUT2D eigenvalue weighted by molar-refractivity contribution is 6.03. The quantitative estimate of drug-likeness (QED) is 0.801. The van der Waals surface area contributed by atoms with Crippen molar-refractivity contribution in [3.63, 3.8) is 0 Å². The number of aliphatic carboxylic acids is 1. The van der Waals surface area contributed by atoms with Gasteiger partial charge in [-0.3, -0.25) is 9.59 Å². The minimum absolute atomic E-state index is 0.00593. The maximum Gasteiger partial charge on any atom is 0.319 e. The van der Waals surface area contributed by atoms with Crippen LogP contribution >= 0.6 is 0 Å². The summed E-state index contributed by atoms with van der Waals surface area (Å²) in [5.41, 5.74) is -1.41. The molecule has 3 fully saturated rings. The van der Waals surface area contributed by atoms with Gasteiger partial charge in [-0.1, -0.05) is 12.8 Å². The van der Waals surface area contributed by atoms with Crippen LogP contribution in [0.5, 0.6) is 0 Å². The average molecular weight is 282 g/mol. The molecule has 3 aliphatic rings. The van der Waals surface area contributed by atoms with Gasteiger partial charge in [-0.05, 0) is 32.1 Å². The van der Waals surface area contributed by atoms with Crippen LogP contribution in [0.1, 0.15) is 51.4 Å². The molecular formula is C15H22O5. The Kier molecular flexibility index (Phi) is 3.58. The summed E-state index contributed by atoms with van der Waals surface area (Å²) in [6, 6.07) is 0. The first kappa shape index (κ1) is 14.0. The van der Waals surface area contributed by atoms with Crippen molar-refractivity contribution < 1.29 is 24.2 Å². The molecule has 2 heterocycles. The third-order valence-corrected chi connectivity index (χ3v) is 5.19. The number of carboxylic acids is 1. The summed E-state index contributed by atoms with van der Waals surface area (Å²) in [7, 11) is 0. The summed E-state index contributed by atoms with van der Waals surface area (Å²) >= 11 is 0. The Labute approximate surface area is 118 Å². The lowest BCUT2D eigenvalue weighted by atomic mass is 9.76. The summed E-state index contributed by atoms with van der Waals surface area (Å²) in [4.78, 5) is 23.8. The summed E-state index contributed by atoms with van der Waals surface area (Å²) in [6.07, 6.45) is 6.76. The third kappa shape index (κ3) is 2.27. The number of carbonyl (C=O) groups is 2. The van der Waals surface area contributed by atoms with Gasteiger partial charge in [0.15, 0.2) is 11.2 Å². The summed E-state index contributed by atoms with van der Waals surface area (Å²) < 4.78 is 11.5. The maximum absolute atomic E-state index is 12.1. The lowest BCUT2D eigenvalue weighted by Gasteiger charge is -2.34. The van der Waals surface area contributed by atoms with Gasteiger partial charge < -0.3 is 14.6 Å². The van der Waals surface area contributed by atoms with Crippen LogP contribution < -0.4 is 0 Å². The van der Waals surface area contributed by atoms with E-state index in [9.17, 15) is 14.7 Å². The summed E-state index contributed by atoms with van der Waals surface area (Å²) in [5.74, 6) is -1.26. The number of carbonyl (C=O) groups excluding carboxylic acids is 1. The van der Waals surface area contributed by atoms with Crippen molar-refractivity contribution in [2.45, 2.75) is 63.1 Å². The molecule has 1 aliphatic carbocycles. The van der Waals surface area contributed by atoms with Crippen LogP contribution in [-0.4, -0.2) is 41.8 Å². The monoisotopic (exact) mass is 282 g/mol. The number of carboxylic acid groups (broad SMARTS) is 1. The van der Waals surface area contributed by atoms with Crippen molar-refractivity contribution >= 4 is 11.8 Å². The van der Waals surface area contributed by atoms with E-state index in [1.165, 1.54) is 12.8 Å². The molecule has 2 saturated heterocycles. The molecule has 1 N–H and O–H groups in total. The Morgan fingerprint density at radius 2 is 2.05 bits per heavy atom. The van der Waals surface area contributed by atoms with E-state index < -0.39 is 11.4 Å². The van der Waals surface area contributed by atoms with E-state index in [2.05, 4.69) is 0 Å². The van der Waals surface area contributed by atoms with Crippen molar-refractivity contribution in [2.24, 2.45) is 5.41 Å². The minimum Gasteiger partial charge on any atom is -0.480 e. The van der Waals surface area contributed by atoms with Gasteiger partial charge in [0.25, 0.3) is 0 Å². The Morgan fingerprint density at radius 1 is 1.30 bits per heavy atom. The molecule has 20 heavy (non-hydrogen) atoms. The molecule has 0 radical (unpaired) electrons. The number of ketones is 1. The highest BCUT2D eigenvalue weighted by Crippen LogP contribution is 2.46. The number of ether oxygens (including phenoxy) is 2. The van der Waals surface area contributed by atoms with Crippen LogP contribution in [0.3, 0.4) is 0 Å². The lowest BCUT2D eigenvalue weighted by Crippen LogP contribution is -2.49. The van der Waals surface area contributed by atoms with E-state index >= 15 is 0 Å². The molecule has 3 rings (SSSR count). The molecule has 2 unspecified atom stereocenters. The first-order valence-electron chi connectivity index (χ1n) is 7.59. The molecule has 2 aliphatic heterocycles. The molecule has 1 spiro atoms. The molecule has 112 valence electrons. The Morgan fingerprint density at radius 3 is 2.70 bits per heavy atom. The molecule has 0 aromatic rings. The molecule has 1 saturated carbocycles. The van der Waals surface area contributed by atoms with Crippen molar-refractivity contribution in [1.82, 2.24) is 0 Å². The van der Waals surface area contributed by atoms with E-state index in [4.69, 9.17) is 9.47 Å². The summed E-state index contributed by atoms with van der Waals surface area (Å²) in [5, 5.41) is 9.52. The molecule has 0 bridgehead atoms. The van der Waals surface area contributed by atoms with E-state index in [1.54, 1.807) is 0 Å². The third-order valence-electron chi connectivity index (χ3n) is 5.19. The lowest BCUT2D eigenvalue weighted by molar-refractivity contribution is -0.169. The van der Waals surface area contributed by atoms with Crippen LogP contribution in [0.2, 0.25) is 0 Å². The van der Waals surface area contributed by atoms with Crippen molar-refractivity contribution in [3.8, 4) is 0 Å². The zero-order valence-electron chi connectivity index (χ0n) is 11.7. The molecular weight excluding hydrogens is 260 g/mol. The van der Waals surface area contributed by atoms with Crippen LogP contribution in [-0.2, 0) is 19.1 Å². The van der Waals surface area contributed by atoms with E-state index in [0.717, 1.165) is 25.7 Å².